The van der Waals surface area contributed by atoms with Gasteiger partial charge in [0.15, 0.2) is 0 Å². The number of nitrogens with one attached hydrogen (secondary N) is 2. The van der Waals surface area contributed by atoms with E-state index in [0.29, 0.717) is 18.0 Å². The van der Waals surface area contributed by atoms with Crippen LogP contribution in [0.15, 0.2) is 24.5 Å². The summed E-state index contributed by atoms with van der Waals surface area (Å²) in [5, 5.41) is 15.0. The molecule has 0 bridgehead atoms. The number of pyridine rings is 1. The van der Waals surface area contributed by atoms with Gasteiger partial charge in [0, 0.05) is 18.8 Å². The van der Waals surface area contributed by atoms with Crippen molar-refractivity contribution in [1.29, 1.82) is 0 Å². The average Bonchev–Trinajstić information content (AvgIpc) is 2.49. The fraction of sp³-hybridized carbons (Fsp3) is 0.600. The molecule has 1 heterocycles. The molecule has 110 valence electrons. The number of urea groups is 1. The van der Waals surface area contributed by atoms with E-state index >= 15 is 0 Å². The van der Waals surface area contributed by atoms with Gasteiger partial charge in [-0.05, 0) is 37.3 Å². The maximum absolute atomic E-state index is 12.0. The molecule has 0 saturated heterocycles. The van der Waals surface area contributed by atoms with Crippen molar-refractivity contribution in [1.82, 2.24) is 10.3 Å². The van der Waals surface area contributed by atoms with E-state index in [1.807, 2.05) is 0 Å². The molecule has 3 N–H and O–H groups in total. The minimum atomic E-state index is -0.220. The quantitative estimate of drug-likeness (QED) is 0.774. The third-order valence-corrected chi connectivity index (χ3v) is 3.89. The SMILES string of the molecule is O=C(Nc1cccnc1)N[C@@H](CCO)C1CCCCC1. The highest BCUT2D eigenvalue weighted by atomic mass is 16.3. The second kappa shape index (κ2) is 7.85. The van der Waals surface area contributed by atoms with Gasteiger partial charge in [0.1, 0.15) is 0 Å². The minimum absolute atomic E-state index is 0.0528. The average molecular weight is 277 g/mol. The van der Waals surface area contributed by atoms with Crippen LogP contribution in [0, 0.1) is 5.92 Å². The number of aliphatic hydroxyl groups is 1. The number of carbonyl (C=O) groups is 1. The van der Waals surface area contributed by atoms with Gasteiger partial charge in [-0.15, -0.1) is 0 Å². The van der Waals surface area contributed by atoms with Gasteiger partial charge in [-0.1, -0.05) is 19.3 Å². The standard InChI is InChI=1S/C15H23N3O2/c19-10-8-14(12-5-2-1-3-6-12)18-15(20)17-13-7-4-9-16-11-13/h4,7,9,11-12,14,19H,1-3,5-6,8,10H2,(H2,17,18,20)/t14-/m0/s1. The molecule has 0 spiro atoms. The van der Waals surface area contributed by atoms with Crippen molar-refractivity contribution < 1.29 is 9.90 Å². The first kappa shape index (κ1) is 14.8. The Kier molecular flexibility index (Phi) is 5.80. The molecule has 1 aromatic heterocycles. The summed E-state index contributed by atoms with van der Waals surface area (Å²) in [6.45, 7) is 0.105. The van der Waals surface area contributed by atoms with Crippen molar-refractivity contribution in [2.75, 3.05) is 11.9 Å². The predicted octanol–water partition coefficient (Wildman–Crippen LogP) is 2.53. The molecule has 1 aromatic rings. The summed E-state index contributed by atoms with van der Waals surface area (Å²) in [4.78, 5) is 16.0. The molecular weight excluding hydrogens is 254 g/mol. The third-order valence-electron chi connectivity index (χ3n) is 3.89. The molecule has 1 fully saturated rings. The van der Waals surface area contributed by atoms with E-state index in [1.165, 1.54) is 19.3 Å². The summed E-state index contributed by atoms with van der Waals surface area (Å²) in [7, 11) is 0. The highest BCUT2D eigenvalue weighted by Crippen LogP contribution is 2.27. The number of aromatic nitrogens is 1. The predicted molar refractivity (Wildman–Crippen MR) is 78.5 cm³/mol. The van der Waals surface area contributed by atoms with Crippen molar-refractivity contribution in [2.24, 2.45) is 5.92 Å². The topological polar surface area (TPSA) is 74.2 Å². The van der Waals surface area contributed by atoms with E-state index in [2.05, 4.69) is 15.6 Å². The lowest BCUT2D eigenvalue weighted by atomic mass is 9.83. The number of carbonyl (C=O) groups excluding carboxylic acids is 1. The highest BCUT2D eigenvalue weighted by Gasteiger charge is 2.24. The van der Waals surface area contributed by atoms with E-state index in [9.17, 15) is 9.90 Å². The number of amides is 2. The van der Waals surface area contributed by atoms with Crippen molar-refractivity contribution in [3.63, 3.8) is 0 Å². The van der Waals surface area contributed by atoms with Crippen molar-refractivity contribution >= 4 is 11.7 Å². The molecule has 5 heteroatoms. The number of aliphatic hydroxyl groups excluding tert-OH is 1. The number of hydrogen-bond donors (Lipinski definition) is 3. The second-order valence-electron chi connectivity index (χ2n) is 5.36. The lowest BCUT2D eigenvalue weighted by Crippen LogP contribution is -2.43. The summed E-state index contributed by atoms with van der Waals surface area (Å²) in [5.41, 5.74) is 0.677. The zero-order valence-corrected chi connectivity index (χ0v) is 11.7. The van der Waals surface area contributed by atoms with Gasteiger partial charge in [-0.25, -0.2) is 4.79 Å². The van der Waals surface area contributed by atoms with Gasteiger partial charge < -0.3 is 15.7 Å². The molecule has 0 aromatic carbocycles. The monoisotopic (exact) mass is 277 g/mol. The summed E-state index contributed by atoms with van der Waals surface area (Å²) in [5.74, 6) is 0.482. The van der Waals surface area contributed by atoms with Gasteiger partial charge in [0.25, 0.3) is 0 Å². The van der Waals surface area contributed by atoms with Crippen LogP contribution in [0.4, 0.5) is 10.5 Å². The normalized spacial score (nSPS) is 17.4. The number of nitrogens with zero attached hydrogens (tertiary/aromatic N) is 1. The first-order valence-electron chi connectivity index (χ1n) is 7.38. The van der Waals surface area contributed by atoms with Crippen LogP contribution < -0.4 is 10.6 Å². The molecule has 0 radical (unpaired) electrons. The molecule has 5 nitrogen and oxygen atoms in total. The van der Waals surface area contributed by atoms with Crippen LogP contribution in [0.2, 0.25) is 0 Å². The summed E-state index contributed by atoms with van der Waals surface area (Å²) < 4.78 is 0. The Morgan fingerprint density at radius 1 is 1.40 bits per heavy atom. The molecule has 0 unspecified atom stereocenters. The van der Waals surface area contributed by atoms with Crippen molar-refractivity contribution in [2.45, 2.75) is 44.6 Å². The molecule has 20 heavy (non-hydrogen) atoms. The van der Waals surface area contributed by atoms with E-state index in [1.54, 1.807) is 24.5 Å². The molecule has 1 saturated carbocycles. The first-order chi connectivity index (χ1) is 9.79. The van der Waals surface area contributed by atoms with Crippen LogP contribution in [0.5, 0.6) is 0 Å². The fourth-order valence-corrected chi connectivity index (χ4v) is 2.87. The van der Waals surface area contributed by atoms with Crippen LogP contribution in [0.3, 0.4) is 0 Å². The first-order valence-corrected chi connectivity index (χ1v) is 7.38. The number of rotatable bonds is 5. The largest absolute Gasteiger partial charge is 0.396 e. The van der Waals surface area contributed by atoms with Gasteiger partial charge in [-0.2, -0.15) is 0 Å². The highest BCUT2D eigenvalue weighted by molar-refractivity contribution is 5.89. The Labute approximate surface area is 119 Å². The molecule has 2 amide bonds. The molecule has 0 aliphatic heterocycles. The lowest BCUT2D eigenvalue weighted by Gasteiger charge is -2.30. The summed E-state index contributed by atoms with van der Waals surface area (Å²) >= 11 is 0. The van der Waals surface area contributed by atoms with Gasteiger partial charge in [-0.3, -0.25) is 4.98 Å². The van der Waals surface area contributed by atoms with Crippen LogP contribution in [0.1, 0.15) is 38.5 Å². The van der Waals surface area contributed by atoms with Gasteiger partial charge >= 0.3 is 6.03 Å². The molecule has 1 aliphatic rings. The zero-order chi connectivity index (χ0) is 14.2. The molecule has 2 rings (SSSR count). The van der Waals surface area contributed by atoms with Gasteiger partial charge in [0.2, 0.25) is 0 Å². The maximum atomic E-state index is 12.0. The lowest BCUT2D eigenvalue weighted by molar-refractivity contribution is 0.202. The second-order valence-corrected chi connectivity index (χ2v) is 5.36. The minimum Gasteiger partial charge on any atom is -0.396 e. The number of anilines is 1. The van der Waals surface area contributed by atoms with Crippen molar-refractivity contribution in [3.8, 4) is 0 Å². The van der Waals surface area contributed by atoms with Crippen LogP contribution in [-0.4, -0.2) is 28.8 Å². The van der Waals surface area contributed by atoms with Crippen molar-refractivity contribution in [3.05, 3.63) is 24.5 Å². The smallest absolute Gasteiger partial charge is 0.319 e. The van der Waals surface area contributed by atoms with E-state index in [4.69, 9.17) is 0 Å². The summed E-state index contributed by atoms with van der Waals surface area (Å²) in [6.07, 6.45) is 9.89. The molecule has 1 atom stereocenters. The van der Waals surface area contributed by atoms with Gasteiger partial charge in [0.05, 0.1) is 11.9 Å². The Balaban J connectivity index is 1.88. The van der Waals surface area contributed by atoms with E-state index < -0.39 is 0 Å². The third kappa shape index (κ3) is 4.49. The van der Waals surface area contributed by atoms with Crippen LogP contribution in [-0.2, 0) is 0 Å². The maximum Gasteiger partial charge on any atom is 0.319 e. The Hall–Kier alpha value is -1.62. The Morgan fingerprint density at radius 3 is 2.85 bits per heavy atom. The Morgan fingerprint density at radius 2 is 2.20 bits per heavy atom. The molecular formula is C15H23N3O2. The molecule has 1 aliphatic carbocycles. The van der Waals surface area contributed by atoms with E-state index in [0.717, 1.165) is 12.8 Å². The summed E-state index contributed by atoms with van der Waals surface area (Å²) in [6, 6.07) is 3.41. The Bertz CT molecular complexity index is 405. The van der Waals surface area contributed by atoms with E-state index in [-0.39, 0.29) is 18.7 Å². The fourth-order valence-electron chi connectivity index (χ4n) is 2.87. The number of hydrogen-bond acceptors (Lipinski definition) is 3. The zero-order valence-electron chi connectivity index (χ0n) is 11.7. The van der Waals surface area contributed by atoms with Crippen LogP contribution >= 0.6 is 0 Å². The van der Waals surface area contributed by atoms with Crippen LogP contribution in [0.25, 0.3) is 0 Å².